The van der Waals surface area contributed by atoms with Gasteiger partial charge in [-0.1, -0.05) is 17.7 Å². The van der Waals surface area contributed by atoms with Crippen LogP contribution in [0.3, 0.4) is 0 Å². The van der Waals surface area contributed by atoms with E-state index in [-0.39, 0.29) is 5.91 Å². The summed E-state index contributed by atoms with van der Waals surface area (Å²) in [5, 5.41) is 6.25. The van der Waals surface area contributed by atoms with E-state index in [0.717, 1.165) is 29.0 Å². The van der Waals surface area contributed by atoms with E-state index < -0.39 is 0 Å². The van der Waals surface area contributed by atoms with Gasteiger partial charge in [-0.15, -0.1) is 0 Å². The maximum atomic E-state index is 12.3. The molecule has 0 spiro atoms. The highest BCUT2D eigenvalue weighted by atomic mass is 16.1. The lowest BCUT2D eigenvalue weighted by Gasteiger charge is -2.11. The zero-order valence-electron chi connectivity index (χ0n) is 13.1. The van der Waals surface area contributed by atoms with Crippen LogP contribution in [0.4, 0.5) is 11.4 Å². The Bertz CT molecular complexity index is 662. The number of carbonyl (C=O) groups excluding carboxylic acids is 1. The van der Waals surface area contributed by atoms with Crippen LogP contribution in [0.2, 0.25) is 0 Å². The van der Waals surface area contributed by atoms with Gasteiger partial charge in [0.2, 0.25) is 0 Å². The zero-order valence-corrected chi connectivity index (χ0v) is 13.1. The van der Waals surface area contributed by atoms with Gasteiger partial charge >= 0.3 is 0 Å². The summed E-state index contributed by atoms with van der Waals surface area (Å²) in [5.41, 5.74) is 5.94. The first kappa shape index (κ1) is 15.1. The van der Waals surface area contributed by atoms with Crippen LogP contribution in [0, 0.1) is 20.8 Å². The third-order valence-corrected chi connectivity index (χ3v) is 3.49. The first-order valence-electron chi connectivity index (χ1n) is 7.24. The second-order valence-electron chi connectivity index (χ2n) is 5.33. The molecule has 0 heterocycles. The molecule has 0 atom stereocenters. The van der Waals surface area contributed by atoms with Crippen LogP contribution in [0.15, 0.2) is 36.4 Å². The van der Waals surface area contributed by atoms with Crippen molar-refractivity contribution in [1.29, 1.82) is 0 Å². The second kappa shape index (κ2) is 6.44. The highest BCUT2D eigenvalue weighted by Gasteiger charge is 2.09. The standard InChI is InChI=1S/C18H22N2O/c1-5-19-16-9-7-15(11-14(16)4)18(21)20-17-8-6-12(2)10-13(17)3/h6-11,19H,5H2,1-4H3,(H,20,21). The molecule has 2 aromatic carbocycles. The molecule has 21 heavy (non-hydrogen) atoms. The molecular formula is C18H22N2O. The molecule has 2 rings (SSSR count). The third-order valence-electron chi connectivity index (χ3n) is 3.49. The monoisotopic (exact) mass is 282 g/mol. The molecule has 3 heteroatoms. The van der Waals surface area contributed by atoms with Crippen molar-refractivity contribution in [3.63, 3.8) is 0 Å². The average Bonchev–Trinajstić information content (AvgIpc) is 2.44. The molecule has 0 fully saturated rings. The fourth-order valence-electron chi connectivity index (χ4n) is 2.34. The Kier molecular flexibility index (Phi) is 4.63. The van der Waals surface area contributed by atoms with Crippen molar-refractivity contribution in [2.45, 2.75) is 27.7 Å². The summed E-state index contributed by atoms with van der Waals surface area (Å²) < 4.78 is 0. The number of hydrogen-bond donors (Lipinski definition) is 2. The summed E-state index contributed by atoms with van der Waals surface area (Å²) in [4.78, 5) is 12.3. The molecule has 2 N–H and O–H groups in total. The molecular weight excluding hydrogens is 260 g/mol. The molecule has 0 bridgehead atoms. The van der Waals surface area contributed by atoms with Crippen molar-refractivity contribution in [2.24, 2.45) is 0 Å². The normalized spacial score (nSPS) is 10.3. The van der Waals surface area contributed by atoms with Crippen LogP contribution in [0.25, 0.3) is 0 Å². The maximum Gasteiger partial charge on any atom is 0.255 e. The average molecular weight is 282 g/mol. The number of benzene rings is 2. The number of aryl methyl sites for hydroxylation is 3. The van der Waals surface area contributed by atoms with Crippen molar-refractivity contribution >= 4 is 17.3 Å². The Morgan fingerprint density at radius 3 is 2.24 bits per heavy atom. The summed E-state index contributed by atoms with van der Waals surface area (Å²) in [5.74, 6) is -0.0758. The predicted molar refractivity (Wildman–Crippen MR) is 89.2 cm³/mol. The summed E-state index contributed by atoms with van der Waals surface area (Å²) in [6.45, 7) is 8.98. The number of nitrogens with one attached hydrogen (secondary N) is 2. The lowest BCUT2D eigenvalue weighted by atomic mass is 10.1. The Balaban J connectivity index is 2.18. The number of amides is 1. The largest absolute Gasteiger partial charge is 0.385 e. The fourth-order valence-corrected chi connectivity index (χ4v) is 2.34. The molecule has 1 amide bonds. The molecule has 110 valence electrons. The van der Waals surface area contributed by atoms with Crippen LogP contribution >= 0.6 is 0 Å². The first-order chi connectivity index (χ1) is 10.0. The molecule has 0 radical (unpaired) electrons. The van der Waals surface area contributed by atoms with Crippen LogP contribution < -0.4 is 10.6 Å². The molecule has 0 saturated carbocycles. The van der Waals surface area contributed by atoms with Crippen molar-refractivity contribution in [2.75, 3.05) is 17.2 Å². The Morgan fingerprint density at radius 1 is 0.952 bits per heavy atom. The minimum Gasteiger partial charge on any atom is -0.385 e. The van der Waals surface area contributed by atoms with Crippen molar-refractivity contribution in [3.05, 3.63) is 58.7 Å². The zero-order chi connectivity index (χ0) is 15.4. The van der Waals surface area contributed by atoms with Crippen LogP contribution in [-0.4, -0.2) is 12.5 Å². The lowest BCUT2D eigenvalue weighted by molar-refractivity contribution is 0.102. The fraction of sp³-hybridized carbons (Fsp3) is 0.278. The first-order valence-corrected chi connectivity index (χ1v) is 7.24. The molecule has 0 unspecified atom stereocenters. The summed E-state index contributed by atoms with van der Waals surface area (Å²) in [6.07, 6.45) is 0. The minimum absolute atomic E-state index is 0.0758. The second-order valence-corrected chi connectivity index (χ2v) is 5.33. The van der Waals surface area contributed by atoms with E-state index in [2.05, 4.69) is 23.6 Å². The number of rotatable bonds is 4. The van der Waals surface area contributed by atoms with Crippen molar-refractivity contribution in [3.8, 4) is 0 Å². The van der Waals surface area contributed by atoms with Gasteiger partial charge < -0.3 is 10.6 Å². The quantitative estimate of drug-likeness (QED) is 0.878. The number of hydrogen-bond acceptors (Lipinski definition) is 2. The van der Waals surface area contributed by atoms with Crippen molar-refractivity contribution in [1.82, 2.24) is 0 Å². The van der Waals surface area contributed by atoms with E-state index in [4.69, 9.17) is 0 Å². The maximum absolute atomic E-state index is 12.3. The molecule has 0 aliphatic heterocycles. The van der Waals surface area contributed by atoms with Gasteiger partial charge in [-0.3, -0.25) is 4.79 Å². The van der Waals surface area contributed by atoms with Gasteiger partial charge in [-0.2, -0.15) is 0 Å². The summed E-state index contributed by atoms with van der Waals surface area (Å²) in [7, 11) is 0. The molecule has 0 aliphatic rings. The van der Waals surface area contributed by atoms with E-state index in [1.807, 2.05) is 51.1 Å². The predicted octanol–water partition coefficient (Wildman–Crippen LogP) is 4.30. The smallest absolute Gasteiger partial charge is 0.255 e. The van der Waals surface area contributed by atoms with E-state index in [1.54, 1.807) is 0 Å². The summed E-state index contributed by atoms with van der Waals surface area (Å²) in [6, 6.07) is 11.7. The van der Waals surface area contributed by atoms with E-state index in [1.165, 1.54) is 5.56 Å². The van der Waals surface area contributed by atoms with Gasteiger partial charge in [-0.25, -0.2) is 0 Å². The van der Waals surface area contributed by atoms with Crippen LogP contribution in [0.5, 0.6) is 0 Å². The van der Waals surface area contributed by atoms with Gasteiger partial charge in [-0.05, 0) is 63.1 Å². The van der Waals surface area contributed by atoms with E-state index in [9.17, 15) is 4.79 Å². The Hall–Kier alpha value is -2.29. The van der Waals surface area contributed by atoms with Gasteiger partial charge in [0, 0.05) is 23.5 Å². The topological polar surface area (TPSA) is 41.1 Å². The Labute approximate surface area is 126 Å². The molecule has 2 aromatic rings. The molecule has 0 saturated heterocycles. The van der Waals surface area contributed by atoms with Gasteiger partial charge in [0.15, 0.2) is 0 Å². The summed E-state index contributed by atoms with van der Waals surface area (Å²) >= 11 is 0. The van der Waals surface area contributed by atoms with E-state index >= 15 is 0 Å². The van der Waals surface area contributed by atoms with Gasteiger partial charge in [0.1, 0.15) is 0 Å². The van der Waals surface area contributed by atoms with Crippen LogP contribution in [0.1, 0.15) is 34.0 Å². The minimum atomic E-state index is -0.0758. The highest BCUT2D eigenvalue weighted by Crippen LogP contribution is 2.20. The van der Waals surface area contributed by atoms with E-state index in [0.29, 0.717) is 5.56 Å². The molecule has 3 nitrogen and oxygen atoms in total. The van der Waals surface area contributed by atoms with Crippen molar-refractivity contribution < 1.29 is 4.79 Å². The number of anilines is 2. The third kappa shape index (κ3) is 3.63. The molecule has 0 aromatic heterocycles. The number of carbonyl (C=O) groups is 1. The van der Waals surface area contributed by atoms with Crippen LogP contribution in [-0.2, 0) is 0 Å². The lowest BCUT2D eigenvalue weighted by Crippen LogP contribution is -2.13. The Morgan fingerprint density at radius 2 is 1.62 bits per heavy atom. The SMILES string of the molecule is CCNc1ccc(C(=O)Nc2ccc(C)cc2C)cc1C. The van der Waals surface area contributed by atoms with Gasteiger partial charge in [0.25, 0.3) is 5.91 Å². The van der Waals surface area contributed by atoms with Gasteiger partial charge in [0.05, 0.1) is 0 Å². The molecule has 0 aliphatic carbocycles. The highest BCUT2D eigenvalue weighted by molar-refractivity contribution is 6.05.